The highest BCUT2D eigenvalue weighted by Crippen LogP contribution is 2.39. The molecule has 1 spiro atoms. The van der Waals surface area contributed by atoms with Gasteiger partial charge in [0.25, 0.3) is 0 Å². The molecule has 20 heavy (non-hydrogen) atoms. The lowest BCUT2D eigenvalue weighted by Gasteiger charge is -2.46. The smallest absolute Gasteiger partial charge is 0.0729 e. The fourth-order valence-corrected chi connectivity index (χ4v) is 3.86. The topological polar surface area (TPSA) is 30.5 Å². The normalized spacial score (nSPS) is 29.2. The van der Waals surface area contributed by atoms with E-state index in [2.05, 4.69) is 26.1 Å². The summed E-state index contributed by atoms with van der Waals surface area (Å²) in [4.78, 5) is 0. The van der Waals surface area contributed by atoms with Crippen LogP contribution in [0.5, 0.6) is 0 Å². The maximum Gasteiger partial charge on any atom is 0.0729 e. The number of hydrogen-bond donors (Lipinski definition) is 1. The second kappa shape index (κ2) is 7.77. The van der Waals surface area contributed by atoms with Crippen LogP contribution in [-0.2, 0) is 9.47 Å². The number of hydrogen-bond acceptors (Lipinski definition) is 3. The second-order valence-electron chi connectivity index (χ2n) is 6.76. The molecule has 2 heterocycles. The van der Waals surface area contributed by atoms with E-state index in [1.165, 1.54) is 25.7 Å². The van der Waals surface area contributed by atoms with Gasteiger partial charge in [-0.3, -0.25) is 0 Å². The lowest BCUT2D eigenvalue weighted by Crippen LogP contribution is -2.51. The standard InChI is InChI=1S/C17H33NO2/c1-4-9-18-16(14(3)5-2)15-6-10-20-17(13-15)7-11-19-12-8-17/h14-16,18H,4-13H2,1-3H3. The molecule has 0 aromatic heterocycles. The van der Waals surface area contributed by atoms with Gasteiger partial charge < -0.3 is 14.8 Å². The molecule has 2 fully saturated rings. The lowest BCUT2D eigenvalue weighted by molar-refractivity contribution is -0.151. The van der Waals surface area contributed by atoms with E-state index in [0.717, 1.165) is 51.0 Å². The van der Waals surface area contributed by atoms with Crippen molar-refractivity contribution in [2.24, 2.45) is 11.8 Å². The third kappa shape index (κ3) is 3.96. The van der Waals surface area contributed by atoms with Gasteiger partial charge in [0.05, 0.1) is 5.60 Å². The minimum absolute atomic E-state index is 0.126. The van der Waals surface area contributed by atoms with Crippen molar-refractivity contribution in [2.75, 3.05) is 26.4 Å². The van der Waals surface area contributed by atoms with Gasteiger partial charge in [-0.15, -0.1) is 0 Å². The predicted octanol–water partition coefficient (Wildman–Crippen LogP) is 3.38. The van der Waals surface area contributed by atoms with Gasteiger partial charge in [-0.1, -0.05) is 27.2 Å². The first kappa shape index (κ1) is 16.3. The summed E-state index contributed by atoms with van der Waals surface area (Å²) >= 11 is 0. The van der Waals surface area contributed by atoms with Crippen LogP contribution in [0.15, 0.2) is 0 Å². The van der Waals surface area contributed by atoms with Crippen LogP contribution in [0.1, 0.15) is 59.3 Å². The fraction of sp³-hybridized carbons (Fsp3) is 1.00. The molecule has 2 saturated heterocycles. The summed E-state index contributed by atoms with van der Waals surface area (Å²) in [6, 6.07) is 0.656. The SMILES string of the molecule is CCCNC(C(C)CC)C1CCOC2(CCOCC2)C1. The minimum Gasteiger partial charge on any atom is -0.381 e. The van der Waals surface area contributed by atoms with Gasteiger partial charge >= 0.3 is 0 Å². The quantitative estimate of drug-likeness (QED) is 0.810. The van der Waals surface area contributed by atoms with Crippen molar-refractivity contribution in [1.82, 2.24) is 5.32 Å². The van der Waals surface area contributed by atoms with Crippen LogP contribution in [0.4, 0.5) is 0 Å². The molecule has 0 aromatic carbocycles. The summed E-state index contributed by atoms with van der Waals surface area (Å²) < 4.78 is 11.7. The molecule has 3 unspecified atom stereocenters. The Labute approximate surface area is 124 Å². The van der Waals surface area contributed by atoms with Crippen molar-refractivity contribution in [3.05, 3.63) is 0 Å². The Morgan fingerprint density at radius 3 is 2.60 bits per heavy atom. The van der Waals surface area contributed by atoms with Gasteiger partial charge in [0.15, 0.2) is 0 Å². The molecular weight excluding hydrogens is 250 g/mol. The first-order valence-corrected chi connectivity index (χ1v) is 8.66. The van der Waals surface area contributed by atoms with E-state index in [0.29, 0.717) is 6.04 Å². The lowest BCUT2D eigenvalue weighted by atomic mass is 9.74. The van der Waals surface area contributed by atoms with Gasteiger partial charge in [-0.05, 0) is 50.5 Å². The molecule has 0 saturated carbocycles. The van der Waals surface area contributed by atoms with Crippen LogP contribution in [0.3, 0.4) is 0 Å². The summed E-state index contributed by atoms with van der Waals surface area (Å²) in [5.74, 6) is 1.52. The molecule has 3 heteroatoms. The molecule has 1 N–H and O–H groups in total. The Hall–Kier alpha value is -0.120. The summed E-state index contributed by atoms with van der Waals surface area (Å²) in [6.45, 7) is 10.8. The molecule has 0 bridgehead atoms. The highest BCUT2D eigenvalue weighted by Gasteiger charge is 2.41. The summed E-state index contributed by atoms with van der Waals surface area (Å²) in [6.07, 6.45) is 7.09. The molecule has 0 aromatic rings. The van der Waals surface area contributed by atoms with Gasteiger partial charge in [-0.25, -0.2) is 0 Å². The summed E-state index contributed by atoms with van der Waals surface area (Å²) in [5, 5.41) is 3.83. The van der Waals surface area contributed by atoms with Crippen molar-refractivity contribution in [3.8, 4) is 0 Å². The molecule has 2 aliphatic heterocycles. The third-order valence-electron chi connectivity index (χ3n) is 5.33. The highest BCUT2D eigenvalue weighted by molar-refractivity contribution is 4.93. The zero-order chi connectivity index (χ0) is 14.4. The van der Waals surface area contributed by atoms with Crippen molar-refractivity contribution in [2.45, 2.75) is 70.9 Å². The molecule has 0 radical (unpaired) electrons. The van der Waals surface area contributed by atoms with Gasteiger partial charge in [0, 0.05) is 25.9 Å². The highest BCUT2D eigenvalue weighted by atomic mass is 16.5. The van der Waals surface area contributed by atoms with Gasteiger partial charge in [0.1, 0.15) is 0 Å². The summed E-state index contributed by atoms with van der Waals surface area (Å²) in [5.41, 5.74) is 0.126. The molecule has 3 nitrogen and oxygen atoms in total. The zero-order valence-electron chi connectivity index (χ0n) is 13.6. The Balaban J connectivity index is 1.99. The Bertz CT molecular complexity index is 271. The molecule has 3 atom stereocenters. The van der Waals surface area contributed by atoms with Crippen molar-refractivity contribution in [3.63, 3.8) is 0 Å². The van der Waals surface area contributed by atoms with Crippen LogP contribution in [0, 0.1) is 11.8 Å². The Morgan fingerprint density at radius 2 is 1.95 bits per heavy atom. The van der Waals surface area contributed by atoms with E-state index in [1.54, 1.807) is 0 Å². The minimum atomic E-state index is 0.126. The maximum atomic E-state index is 6.20. The van der Waals surface area contributed by atoms with Crippen LogP contribution < -0.4 is 5.32 Å². The zero-order valence-corrected chi connectivity index (χ0v) is 13.6. The number of rotatable bonds is 6. The number of nitrogens with one attached hydrogen (secondary N) is 1. The largest absolute Gasteiger partial charge is 0.381 e. The van der Waals surface area contributed by atoms with E-state index in [4.69, 9.17) is 9.47 Å². The van der Waals surface area contributed by atoms with E-state index in [-0.39, 0.29) is 5.60 Å². The summed E-state index contributed by atoms with van der Waals surface area (Å²) in [7, 11) is 0. The van der Waals surface area contributed by atoms with Crippen molar-refractivity contribution >= 4 is 0 Å². The predicted molar refractivity (Wildman–Crippen MR) is 83.0 cm³/mol. The maximum absolute atomic E-state index is 6.20. The van der Waals surface area contributed by atoms with E-state index < -0.39 is 0 Å². The monoisotopic (exact) mass is 283 g/mol. The van der Waals surface area contributed by atoms with E-state index in [9.17, 15) is 0 Å². The Morgan fingerprint density at radius 1 is 1.20 bits per heavy atom. The molecule has 2 aliphatic rings. The van der Waals surface area contributed by atoms with Crippen molar-refractivity contribution < 1.29 is 9.47 Å². The molecular formula is C17H33NO2. The van der Waals surface area contributed by atoms with Crippen LogP contribution in [0.2, 0.25) is 0 Å². The third-order valence-corrected chi connectivity index (χ3v) is 5.33. The van der Waals surface area contributed by atoms with Crippen LogP contribution >= 0.6 is 0 Å². The number of ether oxygens (including phenoxy) is 2. The average Bonchev–Trinajstić information content (AvgIpc) is 2.48. The van der Waals surface area contributed by atoms with E-state index >= 15 is 0 Å². The molecule has 118 valence electrons. The van der Waals surface area contributed by atoms with Crippen molar-refractivity contribution in [1.29, 1.82) is 0 Å². The van der Waals surface area contributed by atoms with E-state index in [1.807, 2.05) is 0 Å². The van der Waals surface area contributed by atoms with Crippen LogP contribution in [0.25, 0.3) is 0 Å². The first-order valence-electron chi connectivity index (χ1n) is 8.66. The van der Waals surface area contributed by atoms with Crippen LogP contribution in [-0.4, -0.2) is 38.0 Å². The van der Waals surface area contributed by atoms with Gasteiger partial charge in [-0.2, -0.15) is 0 Å². The first-order chi connectivity index (χ1) is 9.71. The average molecular weight is 283 g/mol. The molecule has 2 rings (SSSR count). The molecule has 0 amide bonds. The molecule has 0 aliphatic carbocycles. The second-order valence-corrected chi connectivity index (χ2v) is 6.76. The van der Waals surface area contributed by atoms with Gasteiger partial charge in [0.2, 0.25) is 0 Å². The Kier molecular flexibility index (Phi) is 6.31. The fourth-order valence-electron chi connectivity index (χ4n) is 3.86.